The molecule has 0 aliphatic heterocycles. The Balaban J connectivity index is 1.80. The van der Waals surface area contributed by atoms with Crippen LogP contribution in [0.5, 0.6) is 0 Å². The number of hydrogen-bond donors (Lipinski definition) is 1. The molecule has 1 aliphatic rings. The summed E-state index contributed by atoms with van der Waals surface area (Å²) < 4.78 is 6.73. The van der Waals surface area contributed by atoms with Crippen LogP contribution >= 0.6 is 23.1 Å². The van der Waals surface area contributed by atoms with Crippen molar-refractivity contribution in [1.82, 2.24) is 20.2 Å². The zero-order chi connectivity index (χ0) is 18.7. The van der Waals surface area contributed by atoms with Crippen LogP contribution in [0.2, 0.25) is 0 Å². The van der Waals surface area contributed by atoms with Crippen molar-refractivity contribution in [1.29, 1.82) is 0 Å². The number of rotatable bonds is 6. The number of hydrogen-bond acceptors (Lipinski definition) is 8. The second kappa shape index (κ2) is 8.17. The van der Waals surface area contributed by atoms with Crippen molar-refractivity contribution in [3.63, 3.8) is 0 Å². The molecule has 0 spiro atoms. The summed E-state index contributed by atoms with van der Waals surface area (Å²) in [6.45, 7) is 3.87. The van der Waals surface area contributed by atoms with Gasteiger partial charge in [-0.25, -0.2) is 9.48 Å². The molecule has 3 rings (SSSR count). The number of amides is 1. The summed E-state index contributed by atoms with van der Waals surface area (Å²) in [6, 6.07) is 0. The number of anilines is 1. The third kappa shape index (κ3) is 3.90. The van der Waals surface area contributed by atoms with Crippen LogP contribution in [-0.2, 0) is 29.4 Å². The van der Waals surface area contributed by atoms with Crippen LogP contribution < -0.4 is 5.32 Å². The number of thiophene rings is 1. The van der Waals surface area contributed by atoms with Gasteiger partial charge in [-0.1, -0.05) is 11.8 Å². The second-order valence-electron chi connectivity index (χ2n) is 5.97. The van der Waals surface area contributed by atoms with E-state index in [0.717, 1.165) is 31.2 Å². The number of nitrogens with zero attached hydrogens (tertiary/aromatic N) is 4. The maximum atomic E-state index is 12.6. The van der Waals surface area contributed by atoms with Gasteiger partial charge in [0.1, 0.15) is 5.00 Å². The number of nitrogens with one attached hydrogen (secondary N) is 1. The first kappa shape index (κ1) is 18.8. The van der Waals surface area contributed by atoms with Gasteiger partial charge >= 0.3 is 5.97 Å². The van der Waals surface area contributed by atoms with Crippen molar-refractivity contribution in [2.75, 3.05) is 11.9 Å². The van der Waals surface area contributed by atoms with Crippen molar-refractivity contribution in [3.8, 4) is 0 Å². The molecule has 26 heavy (non-hydrogen) atoms. The fourth-order valence-electron chi connectivity index (χ4n) is 2.82. The SMILES string of the molecule is CCOC(=O)c1c(NC(=O)[C@@H](C)Sc2nnnn2C)sc2c1CCCC2. The highest BCUT2D eigenvalue weighted by Crippen LogP contribution is 2.39. The Bertz CT molecular complexity index is 817. The molecule has 10 heteroatoms. The van der Waals surface area contributed by atoms with E-state index in [1.165, 1.54) is 32.7 Å². The maximum absolute atomic E-state index is 12.6. The monoisotopic (exact) mass is 395 g/mol. The number of tetrazole rings is 1. The fraction of sp³-hybridized carbons (Fsp3) is 0.562. The lowest BCUT2D eigenvalue weighted by atomic mass is 9.95. The van der Waals surface area contributed by atoms with Crippen LogP contribution in [0.3, 0.4) is 0 Å². The van der Waals surface area contributed by atoms with Gasteiger partial charge in [-0.3, -0.25) is 4.79 Å². The van der Waals surface area contributed by atoms with Gasteiger partial charge in [0.15, 0.2) is 0 Å². The van der Waals surface area contributed by atoms with Crippen molar-refractivity contribution in [3.05, 3.63) is 16.0 Å². The minimum Gasteiger partial charge on any atom is -0.462 e. The van der Waals surface area contributed by atoms with Gasteiger partial charge in [-0.2, -0.15) is 0 Å². The molecule has 0 aromatic carbocycles. The third-order valence-corrected chi connectivity index (χ3v) is 6.45. The van der Waals surface area contributed by atoms with Gasteiger partial charge < -0.3 is 10.1 Å². The summed E-state index contributed by atoms with van der Waals surface area (Å²) in [5.74, 6) is -0.554. The van der Waals surface area contributed by atoms with Crippen LogP contribution in [0.25, 0.3) is 0 Å². The fourth-order valence-corrected chi connectivity index (χ4v) is 4.85. The largest absolute Gasteiger partial charge is 0.462 e. The standard InChI is InChI=1S/C16H21N5O3S2/c1-4-24-15(23)12-10-7-5-6-8-11(10)26-14(12)17-13(22)9(2)25-16-18-19-20-21(16)3/h9H,4-8H2,1-3H3,(H,17,22)/t9-/m1/s1. The molecule has 2 heterocycles. The van der Waals surface area contributed by atoms with E-state index in [2.05, 4.69) is 20.8 Å². The first-order valence-corrected chi connectivity index (χ1v) is 10.2. The number of esters is 1. The van der Waals surface area contributed by atoms with Crippen molar-refractivity contribution < 1.29 is 14.3 Å². The highest BCUT2D eigenvalue weighted by molar-refractivity contribution is 8.00. The Labute approximate surface area is 159 Å². The zero-order valence-corrected chi connectivity index (χ0v) is 16.6. The van der Waals surface area contributed by atoms with E-state index in [0.29, 0.717) is 22.3 Å². The highest BCUT2D eigenvalue weighted by atomic mass is 32.2. The van der Waals surface area contributed by atoms with Gasteiger partial charge in [0.05, 0.1) is 17.4 Å². The molecule has 0 saturated heterocycles. The number of carbonyl (C=O) groups is 2. The number of carbonyl (C=O) groups excluding carboxylic acids is 2. The van der Waals surface area contributed by atoms with Gasteiger partial charge in [-0.15, -0.1) is 16.4 Å². The molecule has 1 N–H and O–H groups in total. The number of ether oxygens (including phenoxy) is 1. The molecule has 0 fully saturated rings. The van der Waals surface area contributed by atoms with E-state index in [9.17, 15) is 9.59 Å². The van der Waals surface area contributed by atoms with Crippen LogP contribution in [0.4, 0.5) is 5.00 Å². The molecule has 8 nitrogen and oxygen atoms in total. The molecule has 0 bridgehead atoms. The van der Waals surface area contributed by atoms with Gasteiger partial charge in [0.2, 0.25) is 11.1 Å². The van der Waals surface area contributed by atoms with Crippen LogP contribution in [0.1, 0.15) is 47.5 Å². The van der Waals surface area contributed by atoms with Gasteiger partial charge in [0, 0.05) is 11.9 Å². The number of aromatic nitrogens is 4. The molecule has 0 unspecified atom stereocenters. The molecular formula is C16H21N5O3S2. The summed E-state index contributed by atoms with van der Waals surface area (Å²) in [6.07, 6.45) is 3.95. The first-order valence-electron chi connectivity index (χ1n) is 8.52. The number of thioether (sulfide) groups is 1. The lowest BCUT2D eigenvalue weighted by Gasteiger charge is -2.13. The lowest BCUT2D eigenvalue weighted by Crippen LogP contribution is -2.23. The molecule has 0 radical (unpaired) electrons. The Morgan fingerprint density at radius 2 is 2.15 bits per heavy atom. The third-order valence-electron chi connectivity index (χ3n) is 4.12. The molecule has 2 aromatic rings. The van der Waals surface area contributed by atoms with Crippen molar-refractivity contribution >= 4 is 40.0 Å². The molecule has 0 saturated carbocycles. The minimum absolute atomic E-state index is 0.192. The van der Waals surface area contributed by atoms with E-state index in [-0.39, 0.29) is 11.9 Å². The van der Waals surface area contributed by atoms with E-state index in [4.69, 9.17) is 4.74 Å². The Morgan fingerprint density at radius 3 is 2.85 bits per heavy atom. The molecule has 1 atom stereocenters. The molecule has 140 valence electrons. The van der Waals surface area contributed by atoms with Crippen molar-refractivity contribution in [2.24, 2.45) is 7.05 Å². The van der Waals surface area contributed by atoms with Crippen molar-refractivity contribution in [2.45, 2.75) is 49.9 Å². The first-order chi connectivity index (χ1) is 12.5. The summed E-state index contributed by atoms with van der Waals surface area (Å²) in [4.78, 5) is 26.3. The predicted molar refractivity (Wildman–Crippen MR) is 99.7 cm³/mol. The second-order valence-corrected chi connectivity index (χ2v) is 8.38. The van der Waals surface area contributed by atoms with Crippen LogP contribution in [0, 0.1) is 0 Å². The maximum Gasteiger partial charge on any atom is 0.341 e. The van der Waals surface area contributed by atoms with E-state index in [1.807, 2.05) is 0 Å². The Hall–Kier alpha value is -1.94. The minimum atomic E-state index is -0.408. The summed E-state index contributed by atoms with van der Waals surface area (Å²) in [5, 5.41) is 14.9. The Kier molecular flexibility index (Phi) is 5.92. The highest BCUT2D eigenvalue weighted by Gasteiger charge is 2.28. The average molecular weight is 396 g/mol. The predicted octanol–water partition coefficient (Wildman–Crippen LogP) is 2.45. The normalized spacial score (nSPS) is 14.6. The quantitative estimate of drug-likeness (QED) is 0.592. The van der Waals surface area contributed by atoms with Crippen LogP contribution in [-0.4, -0.2) is 43.9 Å². The van der Waals surface area contributed by atoms with Crippen LogP contribution in [0.15, 0.2) is 5.16 Å². The topological polar surface area (TPSA) is 99.0 Å². The van der Waals surface area contributed by atoms with Gasteiger partial charge in [0.25, 0.3) is 0 Å². The zero-order valence-electron chi connectivity index (χ0n) is 14.9. The smallest absolute Gasteiger partial charge is 0.341 e. The van der Waals surface area contributed by atoms with E-state index >= 15 is 0 Å². The molecule has 2 aromatic heterocycles. The summed E-state index contributed by atoms with van der Waals surface area (Å²) in [5.41, 5.74) is 1.56. The molecule has 1 aliphatic carbocycles. The number of fused-ring (bicyclic) bond motifs is 1. The number of aryl methyl sites for hydroxylation is 2. The van der Waals surface area contributed by atoms with E-state index < -0.39 is 5.25 Å². The Morgan fingerprint density at radius 1 is 1.38 bits per heavy atom. The molecular weight excluding hydrogens is 374 g/mol. The molecule has 1 amide bonds. The summed E-state index contributed by atoms with van der Waals surface area (Å²) >= 11 is 2.75. The van der Waals surface area contributed by atoms with Gasteiger partial charge in [-0.05, 0) is 55.5 Å². The summed E-state index contributed by atoms with van der Waals surface area (Å²) in [7, 11) is 1.72. The lowest BCUT2D eigenvalue weighted by molar-refractivity contribution is -0.115. The average Bonchev–Trinajstić information content (AvgIpc) is 3.18. The van der Waals surface area contributed by atoms with E-state index in [1.54, 1.807) is 20.9 Å².